The third-order valence-electron chi connectivity index (χ3n) is 1.42. The molecule has 0 amide bonds. The smallest absolute Gasteiger partial charge is 0.217 e. The second kappa shape index (κ2) is 5.52. The third kappa shape index (κ3) is 4.35. The van der Waals surface area contributed by atoms with Crippen LogP contribution in [0.2, 0.25) is 0 Å². The van der Waals surface area contributed by atoms with Gasteiger partial charge in [-0.1, -0.05) is 13.8 Å². The summed E-state index contributed by atoms with van der Waals surface area (Å²) in [6.45, 7) is 5.31. The molecule has 11 heavy (non-hydrogen) atoms. The highest BCUT2D eigenvalue weighted by Crippen LogP contribution is 2.02. The molecule has 0 rings (SSSR count). The van der Waals surface area contributed by atoms with Gasteiger partial charge in [-0.15, -0.1) is 0 Å². The highest BCUT2D eigenvalue weighted by atomic mass is 16.7. The Bertz CT molecular complexity index is 92.1. The van der Waals surface area contributed by atoms with Crippen molar-refractivity contribution in [2.45, 2.75) is 20.3 Å². The minimum atomic E-state index is -0.211. The second-order valence-electron chi connectivity index (χ2n) is 3.11. The Balaban J connectivity index is 3.68. The van der Waals surface area contributed by atoms with Gasteiger partial charge in [0.2, 0.25) is 6.41 Å². The number of rotatable bonds is 5. The highest BCUT2D eigenvalue weighted by Gasteiger charge is 2.12. The van der Waals surface area contributed by atoms with Gasteiger partial charge in [0.25, 0.3) is 0 Å². The summed E-state index contributed by atoms with van der Waals surface area (Å²) in [4.78, 5) is 2.03. The minimum absolute atomic E-state index is 0.211. The first kappa shape index (κ1) is 10.9. The maximum Gasteiger partial charge on any atom is 0.217 e. The Kier molecular flexibility index (Phi) is 5.46. The quantitative estimate of drug-likeness (QED) is 0.565. The highest BCUT2D eigenvalue weighted by molar-refractivity contribution is 4.52. The van der Waals surface area contributed by atoms with Gasteiger partial charge in [-0.2, -0.15) is 0 Å². The topological polar surface area (TPSA) is 21.7 Å². The predicted octanol–water partition coefficient (Wildman–Crippen LogP) is 1.15. The molecule has 0 fully saturated rings. The lowest BCUT2D eigenvalue weighted by atomic mass is 10.2. The maximum absolute atomic E-state index is 5.07. The molecule has 0 N–H and O–H groups in total. The van der Waals surface area contributed by atoms with Gasteiger partial charge in [-0.25, -0.2) is 0 Å². The molecule has 0 saturated heterocycles. The Hall–Kier alpha value is -0.120. The van der Waals surface area contributed by atoms with E-state index in [0.717, 1.165) is 6.54 Å². The van der Waals surface area contributed by atoms with Gasteiger partial charge in [-0.05, 0) is 13.0 Å². The zero-order chi connectivity index (χ0) is 8.85. The van der Waals surface area contributed by atoms with Gasteiger partial charge < -0.3 is 9.47 Å². The summed E-state index contributed by atoms with van der Waals surface area (Å²) in [7, 11) is 5.27. The van der Waals surface area contributed by atoms with E-state index in [1.54, 1.807) is 14.2 Å². The van der Waals surface area contributed by atoms with E-state index in [4.69, 9.17) is 9.47 Å². The molecule has 0 unspecified atom stereocenters. The van der Waals surface area contributed by atoms with Crippen molar-refractivity contribution in [3.8, 4) is 0 Å². The molecule has 0 spiro atoms. The largest absolute Gasteiger partial charge is 0.343 e. The first-order chi connectivity index (χ1) is 5.11. The van der Waals surface area contributed by atoms with Crippen molar-refractivity contribution >= 4 is 0 Å². The Morgan fingerprint density at radius 1 is 1.18 bits per heavy atom. The number of methoxy groups -OCH3 is 2. The van der Waals surface area contributed by atoms with Crippen molar-refractivity contribution in [1.82, 2.24) is 4.90 Å². The summed E-state index contributed by atoms with van der Waals surface area (Å²) in [5.74, 6) is 0.632. The standard InChI is InChI=1S/C8H19NO2/c1-7(2)6-9(3)8(10-4)11-5/h7-8H,6H2,1-5H3. The average molecular weight is 161 g/mol. The molecule has 0 radical (unpaired) electrons. The zero-order valence-electron chi connectivity index (χ0n) is 8.13. The minimum Gasteiger partial charge on any atom is -0.343 e. The Morgan fingerprint density at radius 2 is 1.64 bits per heavy atom. The molecular formula is C8H19NO2. The molecule has 0 saturated carbocycles. The van der Waals surface area contributed by atoms with Gasteiger partial charge in [0.05, 0.1) is 0 Å². The van der Waals surface area contributed by atoms with Crippen molar-refractivity contribution in [3.05, 3.63) is 0 Å². The molecule has 0 aliphatic rings. The monoisotopic (exact) mass is 161 g/mol. The summed E-state index contributed by atoms with van der Waals surface area (Å²) < 4.78 is 10.1. The number of hydrogen-bond donors (Lipinski definition) is 0. The first-order valence-corrected chi connectivity index (χ1v) is 3.87. The lowest BCUT2D eigenvalue weighted by Crippen LogP contribution is -2.37. The van der Waals surface area contributed by atoms with E-state index in [0.29, 0.717) is 5.92 Å². The summed E-state index contributed by atoms with van der Waals surface area (Å²) >= 11 is 0. The van der Waals surface area contributed by atoms with Gasteiger partial charge in [0.15, 0.2) is 0 Å². The lowest BCUT2D eigenvalue weighted by Gasteiger charge is -2.26. The van der Waals surface area contributed by atoms with Crippen molar-refractivity contribution in [1.29, 1.82) is 0 Å². The van der Waals surface area contributed by atoms with E-state index in [1.807, 2.05) is 11.9 Å². The fourth-order valence-electron chi connectivity index (χ4n) is 1.12. The van der Waals surface area contributed by atoms with Gasteiger partial charge in [-0.3, -0.25) is 4.90 Å². The van der Waals surface area contributed by atoms with Gasteiger partial charge >= 0.3 is 0 Å². The molecule has 3 heteroatoms. The number of nitrogens with zero attached hydrogens (tertiary/aromatic N) is 1. The van der Waals surface area contributed by atoms with Crippen LogP contribution in [0.3, 0.4) is 0 Å². The van der Waals surface area contributed by atoms with E-state index in [2.05, 4.69) is 13.8 Å². The van der Waals surface area contributed by atoms with Crippen molar-refractivity contribution < 1.29 is 9.47 Å². The van der Waals surface area contributed by atoms with Crippen LogP contribution in [0.25, 0.3) is 0 Å². The first-order valence-electron chi connectivity index (χ1n) is 3.87. The summed E-state index contributed by atoms with van der Waals surface area (Å²) in [6.07, 6.45) is -0.211. The fourth-order valence-corrected chi connectivity index (χ4v) is 1.12. The average Bonchev–Trinajstić information content (AvgIpc) is 1.88. The van der Waals surface area contributed by atoms with Crippen molar-refractivity contribution in [2.24, 2.45) is 5.92 Å². The van der Waals surface area contributed by atoms with Gasteiger partial charge in [0, 0.05) is 20.8 Å². The molecule has 0 aliphatic carbocycles. The van der Waals surface area contributed by atoms with E-state index in [9.17, 15) is 0 Å². The normalized spacial score (nSPS) is 12.0. The molecule has 0 bridgehead atoms. The molecule has 0 heterocycles. The molecule has 0 aromatic heterocycles. The van der Waals surface area contributed by atoms with Crippen LogP contribution in [0.4, 0.5) is 0 Å². The van der Waals surface area contributed by atoms with Crippen LogP contribution >= 0.6 is 0 Å². The molecule has 0 aromatic rings. The molecule has 0 aliphatic heterocycles. The Labute approximate surface area is 69.3 Å². The second-order valence-corrected chi connectivity index (χ2v) is 3.11. The summed E-state index contributed by atoms with van der Waals surface area (Å²) in [5.41, 5.74) is 0. The molecule has 0 atom stereocenters. The van der Waals surface area contributed by atoms with Crippen LogP contribution in [0.15, 0.2) is 0 Å². The molecule has 3 nitrogen and oxygen atoms in total. The third-order valence-corrected chi connectivity index (χ3v) is 1.42. The van der Waals surface area contributed by atoms with Gasteiger partial charge in [0.1, 0.15) is 0 Å². The van der Waals surface area contributed by atoms with E-state index in [-0.39, 0.29) is 6.41 Å². The fraction of sp³-hybridized carbons (Fsp3) is 1.00. The van der Waals surface area contributed by atoms with Crippen molar-refractivity contribution in [2.75, 3.05) is 27.8 Å². The van der Waals surface area contributed by atoms with Crippen LogP contribution in [-0.2, 0) is 9.47 Å². The maximum atomic E-state index is 5.07. The predicted molar refractivity (Wildman–Crippen MR) is 45.3 cm³/mol. The van der Waals surface area contributed by atoms with E-state index >= 15 is 0 Å². The molecule has 68 valence electrons. The van der Waals surface area contributed by atoms with E-state index < -0.39 is 0 Å². The van der Waals surface area contributed by atoms with Crippen LogP contribution in [0, 0.1) is 5.92 Å². The van der Waals surface area contributed by atoms with E-state index in [1.165, 1.54) is 0 Å². The molecular weight excluding hydrogens is 142 g/mol. The molecule has 0 aromatic carbocycles. The zero-order valence-corrected chi connectivity index (χ0v) is 8.13. The number of hydrogen-bond acceptors (Lipinski definition) is 3. The van der Waals surface area contributed by atoms with Crippen LogP contribution in [0.5, 0.6) is 0 Å². The van der Waals surface area contributed by atoms with Crippen LogP contribution in [0.1, 0.15) is 13.8 Å². The Morgan fingerprint density at radius 3 is 1.91 bits per heavy atom. The summed E-state index contributed by atoms with van der Waals surface area (Å²) in [5, 5.41) is 0. The van der Waals surface area contributed by atoms with Crippen LogP contribution in [-0.4, -0.2) is 39.1 Å². The number of ether oxygens (including phenoxy) is 2. The summed E-state index contributed by atoms with van der Waals surface area (Å²) in [6, 6.07) is 0. The SMILES string of the molecule is COC(OC)N(C)CC(C)C. The lowest BCUT2D eigenvalue weighted by molar-refractivity contribution is -0.189. The van der Waals surface area contributed by atoms with Crippen molar-refractivity contribution in [3.63, 3.8) is 0 Å². The van der Waals surface area contributed by atoms with Crippen LogP contribution < -0.4 is 0 Å².